The summed E-state index contributed by atoms with van der Waals surface area (Å²) in [5, 5.41) is 7.83. The van der Waals surface area contributed by atoms with Crippen molar-refractivity contribution in [1.82, 2.24) is 20.4 Å². The van der Waals surface area contributed by atoms with Gasteiger partial charge in [-0.2, -0.15) is 4.98 Å². The number of hydrogen-bond acceptors (Lipinski definition) is 6. The van der Waals surface area contributed by atoms with Gasteiger partial charge in [-0.3, -0.25) is 4.79 Å². The zero-order valence-electron chi connectivity index (χ0n) is 17.3. The highest BCUT2D eigenvalue weighted by atomic mass is 16.5. The summed E-state index contributed by atoms with van der Waals surface area (Å²) in [5.74, 6) is 1.21. The highest BCUT2D eigenvalue weighted by molar-refractivity contribution is 5.90. The third-order valence-electron chi connectivity index (χ3n) is 5.59. The van der Waals surface area contributed by atoms with Crippen molar-refractivity contribution < 1.29 is 13.7 Å². The van der Waals surface area contributed by atoms with Crippen LogP contribution in [-0.2, 0) is 0 Å². The van der Waals surface area contributed by atoms with Crippen molar-refractivity contribution in [3.05, 3.63) is 35.2 Å². The summed E-state index contributed by atoms with van der Waals surface area (Å²) >= 11 is 0. The molecule has 3 aromatic rings. The number of likely N-dealkylation sites (tertiary alicyclic amines) is 1. The molecule has 7 nitrogen and oxygen atoms in total. The Labute approximate surface area is 170 Å². The van der Waals surface area contributed by atoms with Crippen LogP contribution in [-0.4, -0.2) is 47.1 Å². The Kier molecular flexibility index (Phi) is 5.67. The maximum atomic E-state index is 12.3. The van der Waals surface area contributed by atoms with Crippen molar-refractivity contribution in [2.45, 2.75) is 40.0 Å². The van der Waals surface area contributed by atoms with Gasteiger partial charge >= 0.3 is 11.8 Å². The molecule has 0 saturated carbocycles. The molecule has 1 amide bonds. The Morgan fingerprint density at radius 2 is 2.21 bits per heavy atom. The third-order valence-corrected chi connectivity index (χ3v) is 5.59. The van der Waals surface area contributed by atoms with Crippen molar-refractivity contribution in [3.8, 4) is 11.6 Å². The van der Waals surface area contributed by atoms with E-state index in [1.54, 1.807) is 0 Å². The number of nitrogens with zero attached hydrogens (tertiary/aromatic N) is 3. The Hall–Kier alpha value is -2.67. The number of carbonyl (C=O) groups is 1. The molecule has 1 aliphatic rings. The molecule has 1 aromatic carbocycles. The molecule has 2 aromatic heterocycles. The maximum Gasteiger partial charge on any atom is 0.316 e. The second kappa shape index (κ2) is 8.37. The van der Waals surface area contributed by atoms with E-state index in [9.17, 15) is 4.79 Å². The van der Waals surface area contributed by atoms with Crippen molar-refractivity contribution >= 4 is 16.9 Å². The molecular formula is C22H28N4O3. The van der Waals surface area contributed by atoms with Crippen LogP contribution in [0, 0.1) is 19.8 Å². The van der Waals surface area contributed by atoms with Gasteiger partial charge in [0.05, 0.1) is 0 Å². The van der Waals surface area contributed by atoms with E-state index in [0.717, 1.165) is 54.1 Å². The van der Waals surface area contributed by atoms with Crippen LogP contribution in [0.15, 0.2) is 27.1 Å². The second-order valence-corrected chi connectivity index (χ2v) is 8.14. The summed E-state index contributed by atoms with van der Waals surface area (Å²) in [6.07, 6.45) is 3.48. The lowest BCUT2D eigenvalue weighted by Gasteiger charge is -2.30. The van der Waals surface area contributed by atoms with Gasteiger partial charge in [0.15, 0.2) is 5.76 Å². The lowest BCUT2D eigenvalue weighted by Crippen LogP contribution is -2.36. The van der Waals surface area contributed by atoms with Crippen LogP contribution in [0.3, 0.4) is 0 Å². The fourth-order valence-corrected chi connectivity index (χ4v) is 4.03. The average molecular weight is 396 g/mol. The molecule has 29 heavy (non-hydrogen) atoms. The molecule has 4 rings (SSSR count). The quantitative estimate of drug-likeness (QED) is 0.635. The van der Waals surface area contributed by atoms with Crippen molar-refractivity contribution in [2.75, 3.05) is 26.2 Å². The Balaban J connectivity index is 1.35. The lowest BCUT2D eigenvalue weighted by molar-refractivity contribution is 0.0906. The molecule has 1 saturated heterocycles. The Morgan fingerprint density at radius 1 is 1.34 bits per heavy atom. The van der Waals surface area contributed by atoms with E-state index < -0.39 is 0 Å². The van der Waals surface area contributed by atoms with Gasteiger partial charge < -0.3 is 19.2 Å². The summed E-state index contributed by atoms with van der Waals surface area (Å²) in [7, 11) is 0. The summed E-state index contributed by atoms with van der Waals surface area (Å²) in [6.45, 7) is 10.2. The normalized spacial score (nSPS) is 17.7. The number of carbonyl (C=O) groups excluding carboxylic acids is 1. The summed E-state index contributed by atoms with van der Waals surface area (Å²) in [5.41, 5.74) is 2.86. The number of aryl methyl sites for hydroxylation is 2. The first-order valence-electron chi connectivity index (χ1n) is 10.4. The van der Waals surface area contributed by atoms with Crippen LogP contribution < -0.4 is 5.32 Å². The summed E-state index contributed by atoms with van der Waals surface area (Å²) in [4.78, 5) is 19.1. The molecule has 1 unspecified atom stereocenters. The highest BCUT2D eigenvalue weighted by Crippen LogP contribution is 2.31. The molecule has 3 heterocycles. The molecule has 154 valence electrons. The molecular weight excluding hydrogens is 368 g/mol. The van der Waals surface area contributed by atoms with E-state index in [1.165, 1.54) is 12.8 Å². The molecule has 1 aliphatic heterocycles. The Morgan fingerprint density at radius 3 is 3.03 bits per heavy atom. The van der Waals surface area contributed by atoms with Gasteiger partial charge in [-0.25, -0.2) is 0 Å². The first kappa shape index (κ1) is 19.6. The fourth-order valence-electron chi connectivity index (χ4n) is 4.03. The molecule has 7 heteroatoms. The number of piperidine rings is 1. The fraction of sp³-hybridized carbons (Fsp3) is 0.500. The van der Waals surface area contributed by atoms with Crippen LogP contribution >= 0.6 is 0 Å². The van der Waals surface area contributed by atoms with Crippen molar-refractivity contribution in [2.24, 2.45) is 5.92 Å². The standard InChI is InChI=1S/C22H28N4O3/c1-14-7-8-18-17(12-14)16(3)19(28-18)20-24-22(29-25-20)21(27)23-9-5-11-26-10-4-6-15(2)13-26/h7-8,12,15H,4-6,9-11,13H2,1-3H3,(H,23,27). The van der Waals surface area contributed by atoms with Crippen LogP contribution in [0.4, 0.5) is 0 Å². The first-order valence-corrected chi connectivity index (χ1v) is 10.4. The summed E-state index contributed by atoms with van der Waals surface area (Å²) < 4.78 is 11.1. The SMILES string of the molecule is Cc1ccc2oc(-c3noc(C(=O)NCCCN4CCCC(C)C4)n3)c(C)c2c1. The van der Waals surface area contributed by atoms with Gasteiger partial charge in [0.1, 0.15) is 5.58 Å². The minimum atomic E-state index is -0.347. The number of fused-ring (bicyclic) bond motifs is 1. The molecule has 1 atom stereocenters. The number of aromatic nitrogens is 2. The topological polar surface area (TPSA) is 84.4 Å². The second-order valence-electron chi connectivity index (χ2n) is 8.14. The minimum Gasteiger partial charge on any atom is -0.452 e. The van der Waals surface area contributed by atoms with Crippen LogP contribution in [0.5, 0.6) is 0 Å². The maximum absolute atomic E-state index is 12.3. The molecule has 0 bridgehead atoms. The number of nitrogens with one attached hydrogen (secondary N) is 1. The zero-order chi connectivity index (χ0) is 20.4. The number of furan rings is 1. The van der Waals surface area contributed by atoms with E-state index in [0.29, 0.717) is 18.1 Å². The monoisotopic (exact) mass is 396 g/mol. The average Bonchev–Trinajstić information content (AvgIpc) is 3.31. The molecule has 0 radical (unpaired) electrons. The number of amides is 1. The number of hydrogen-bond donors (Lipinski definition) is 1. The number of rotatable bonds is 6. The van der Waals surface area contributed by atoms with Gasteiger partial charge in [0.25, 0.3) is 0 Å². The van der Waals surface area contributed by atoms with Crippen LogP contribution in [0.25, 0.3) is 22.6 Å². The van der Waals surface area contributed by atoms with Crippen LogP contribution in [0.1, 0.15) is 48.0 Å². The van der Waals surface area contributed by atoms with Crippen molar-refractivity contribution in [1.29, 1.82) is 0 Å². The van der Waals surface area contributed by atoms with Gasteiger partial charge in [-0.15, -0.1) is 0 Å². The van der Waals surface area contributed by atoms with Gasteiger partial charge in [0, 0.05) is 24.0 Å². The van der Waals surface area contributed by atoms with E-state index >= 15 is 0 Å². The van der Waals surface area contributed by atoms with E-state index in [4.69, 9.17) is 8.94 Å². The Bertz CT molecular complexity index is 1010. The number of benzene rings is 1. The lowest BCUT2D eigenvalue weighted by atomic mass is 10.0. The highest BCUT2D eigenvalue weighted by Gasteiger charge is 2.21. The third kappa shape index (κ3) is 4.34. The first-order chi connectivity index (χ1) is 14.0. The largest absolute Gasteiger partial charge is 0.452 e. The van der Waals surface area contributed by atoms with Gasteiger partial charge in [-0.05, 0) is 64.3 Å². The molecule has 0 spiro atoms. The minimum absolute atomic E-state index is 0.0392. The smallest absolute Gasteiger partial charge is 0.316 e. The van der Waals surface area contributed by atoms with Gasteiger partial charge in [0.2, 0.25) is 5.82 Å². The van der Waals surface area contributed by atoms with Gasteiger partial charge in [-0.1, -0.05) is 23.7 Å². The van der Waals surface area contributed by atoms with E-state index in [-0.39, 0.29) is 11.8 Å². The van der Waals surface area contributed by atoms with E-state index in [2.05, 4.69) is 33.3 Å². The predicted octanol–water partition coefficient (Wildman–Crippen LogP) is 3.95. The molecule has 1 N–H and O–H groups in total. The summed E-state index contributed by atoms with van der Waals surface area (Å²) in [6, 6.07) is 5.99. The predicted molar refractivity (Wildman–Crippen MR) is 111 cm³/mol. The van der Waals surface area contributed by atoms with Crippen molar-refractivity contribution in [3.63, 3.8) is 0 Å². The van der Waals surface area contributed by atoms with Crippen LogP contribution in [0.2, 0.25) is 0 Å². The molecule has 0 aliphatic carbocycles. The molecule has 1 fully saturated rings. The van der Waals surface area contributed by atoms with E-state index in [1.807, 2.05) is 26.0 Å². The zero-order valence-corrected chi connectivity index (χ0v) is 17.3.